The number of nitrogens with one attached hydrogen (secondary N) is 5. The lowest BCUT2D eigenvalue weighted by Crippen LogP contribution is -2.36. The molecule has 0 aliphatic carbocycles. The third-order valence-corrected chi connectivity index (χ3v) is 6.37. The van der Waals surface area contributed by atoms with Crippen molar-refractivity contribution in [3.8, 4) is 16.9 Å². The number of hydrogen-bond donors (Lipinski definition) is 5. The van der Waals surface area contributed by atoms with E-state index in [9.17, 15) is 14.4 Å². The van der Waals surface area contributed by atoms with Gasteiger partial charge in [0.15, 0.2) is 0 Å². The van der Waals surface area contributed by atoms with Crippen LogP contribution in [0.15, 0.2) is 55.0 Å². The van der Waals surface area contributed by atoms with Crippen molar-refractivity contribution in [2.24, 2.45) is 0 Å². The molecule has 0 saturated heterocycles. The number of aromatic nitrogens is 6. The molecule has 2 aromatic carbocycles. The lowest BCUT2D eigenvalue weighted by atomic mass is 10.1. The molecule has 2 aromatic heterocycles. The van der Waals surface area contributed by atoms with Crippen molar-refractivity contribution in [3.05, 3.63) is 71.4 Å². The largest absolute Gasteiger partial charge is 0.453 e. The first-order chi connectivity index (χ1) is 19.9. The van der Waals surface area contributed by atoms with Gasteiger partial charge in [0, 0.05) is 47.4 Å². The van der Waals surface area contributed by atoms with Crippen LogP contribution < -0.4 is 21.3 Å². The van der Waals surface area contributed by atoms with E-state index in [1.165, 1.54) is 24.2 Å². The van der Waals surface area contributed by atoms with Crippen molar-refractivity contribution in [2.75, 3.05) is 30.8 Å². The third-order valence-electron chi connectivity index (χ3n) is 6.13. The quantitative estimate of drug-likeness (QED) is 0.223. The summed E-state index contributed by atoms with van der Waals surface area (Å²) >= 11 is 6.18. The SMILES string of the molecule is COC(=O)Nc1ccc2c(c1)NC(=O)CCNCC(NC(=O)C=Cc1cc(Cl)ccc1-n1cnnn1)c1ncc-2[nH]1. The van der Waals surface area contributed by atoms with Crippen LogP contribution in [0.5, 0.6) is 0 Å². The summed E-state index contributed by atoms with van der Waals surface area (Å²) in [6, 6.07) is 9.67. The number of hydrogen-bond acceptors (Lipinski definition) is 9. The molecule has 5 N–H and O–H groups in total. The Bertz CT molecular complexity index is 1600. The van der Waals surface area contributed by atoms with Gasteiger partial charge < -0.3 is 25.7 Å². The molecule has 15 heteroatoms. The van der Waals surface area contributed by atoms with Gasteiger partial charge in [0.2, 0.25) is 11.8 Å². The summed E-state index contributed by atoms with van der Waals surface area (Å²) in [7, 11) is 1.26. The molecule has 0 saturated carbocycles. The molecule has 1 atom stereocenters. The van der Waals surface area contributed by atoms with E-state index in [4.69, 9.17) is 11.6 Å². The van der Waals surface area contributed by atoms with Crippen LogP contribution >= 0.6 is 11.6 Å². The highest BCUT2D eigenvalue weighted by atomic mass is 35.5. The second-order valence-electron chi connectivity index (χ2n) is 8.91. The highest BCUT2D eigenvalue weighted by molar-refractivity contribution is 6.30. The summed E-state index contributed by atoms with van der Waals surface area (Å²) in [5, 5.41) is 23.3. The van der Waals surface area contributed by atoms with Crippen LogP contribution in [0.2, 0.25) is 5.02 Å². The van der Waals surface area contributed by atoms with Crippen LogP contribution in [-0.2, 0) is 14.3 Å². The zero-order chi connectivity index (χ0) is 28.8. The van der Waals surface area contributed by atoms with Crippen molar-refractivity contribution in [2.45, 2.75) is 12.5 Å². The van der Waals surface area contributed by atoms with E-state index in [1.54, 1.807) is 48.7 Å². The Labute approximate surface area is 238 Å². The fourth-order valence-corrected chi connectivity index (χ4v) is 4.36. The average molecular weight is 577 g/mol. The molecular weight excluding hydrogens is 552 g/mol. The van der Waals surface area contributed by atoms with E-state index >= 15 is 0 Å². The maximum atomic E-state index is 13.0. The van der Waals surface area contributed by atoms with Gasteiger partial charge in [0.1, 0.15) is 12.2 Å². The molecule has 0 fully saturated rings. The van der Waals surface area contributed by atoms with E-state index in [2.05, 4.69) is 51.5 Å². The molecule has 1 unspecified atom stereocenters. The van der Waals surface area contributed by atoms with Crippen LogP contribution in [0.3, 0.4) is 0 Å². The highest BCUT2D eigenvalue weighted by Crippen LogP contribution is 2.31. The maximum Gasteiger partial charge on any atom is 0.411 e. The number of benzene rings is 2. The summed E-state index contributed by atoms with van der Waals surface area (Å²) in [6.07, 6.45) is 5.62. The van der Waals surface area contributed by atoms with Crippen molar-refractivity contribution in [1.82, 2.24) is 40.8 Å². The number of ether oxygens (including phenoxy) is 1. The first-order valence-corrected chi connectivity index (χ1v) is 12.8. The summed E-state index contributed by atoms with van der Waals surface area (Å²) in [5.74, 6) is -0.0835. The number of fused-ring (bicyclic) bond motifs is 4. The predicted octanol–water partition coefficient (Wildman–Crippen LogP) is 2.69. The van der Waals surface area contributed by atoms with Crippen molar-refractivity contribution in [3.63, 3.8) is 0 Å². The highest BCUT2D eigenvalue weighted by Gasteiger charge is 2.20. The number of tetrazole rings is 1. The molecule has 1 aliphatic heterocycles. The lowest BCUT2D eigenvalue weighted by molar-refractivity contribution is -0.117. The van der Waals surface area contributed by atoms with Gasteiger partial charge in [-0.25, -0.2) is 9.78 Å². The Balaban J connectivity index is 1.38. The molecule has 1 aliphatic rings. The number of anilines is 2. The number of halogens is 1. The molecule has 5 rings (SSSR count). The molecule has 4 aromatic rings. The van der Waals surface area contributed by atoms with E-state index in [0.717, 1.165) is 0 Å². The van der Waals surface area contributed by atoms with Gasteiger partial charge in [0.25, 0.3) is 0 Å². The number of H-pyrrole nitrogens is 1. The zero-order valence-corrected chi connectivity index (χ0v) is 22.5. The number of methoxy groups -OCH3 is 1. The van der Waals surface area contributed by atoms with Gasteiger partial charge in [-0.3, -0.25) is 14.9 Å². The van der Waals surface area contributed by atoms with Crippen LogP contribution in [-0.4, -0.2) is 68.3 Å². The smallest absolute Gasteiger partial charge is 0.411 e. The number of rotatable bonds is 5. The molecule has 3 heterocycles. The lowest BCUT2D eigenvalue weighted by Gasteiger charge is -2.18. The fraction of sp³-hybridized carbons (Fsp3) is 0.192. The fourth-order valence-electron chi connectivity index (χ4n) is 4.18. The summed E-state index contributed by atoms with van der Waals surface area (Å²) < 4.78 is 6.12. The van der Waals surface area contributed by atoms with Gasteiger partial charge in [0.05, 0.1) is 36.4 Å². The number of amides is 3. The Kier molecular flexibility index (Phi) is 8.31. The van der Waals surface area contributed by atoms with Gasteiger partial charge in [-0.2, -0.15) is 4.68 Å². The number of aromatic amines is 1. The van der Waals surface area contributed by atoms with Crippen molar-refractivity contribution < 1.29 is 19.1 Å². The molecule has 41 heavy (non-hydrogen) atoms. The predicted molar refractivity (Wildman–Crippen MR) is 150 cm³/mol. The normalized spacial score (nSPS) is 15.3. The first-order valence-electron chi connectivity index (χ1n) is 12.5. The molecule has 210 valence electrons. The molecule has 0 spiro atoms. The first kappa shape index (κ1) is 27.5. The second-order valence-corrected chi connectivity index (χ2v) is 9.35. The molecule has 3 amide bonds. The standard InChI is InChI=1S/C26H25ClN10O4/c1-41-26(40)31-17-4-5-18-19(11-17)32-24(39)8-9-28-12-21(25-29-13-20(18)34-25)33-23(38)7-2-15-10-16(27)3-6-22(15)37-14-30-35-36-37/h2-7,10-11,13-14,21,28H,8-9,12H2,1H3,(H,29,34)(H,31,40)(H,32,39)(H,33,38). The average Bonchev–Trinajstić information content (AvgIpc) is 3.66. The third kappa shape index (κ3) is 6.74. The van der Waals surface area contributed by atoms with E-state index in [-0.39, 0.29) is 18.2 Å². The minimum Gasteiger partial charge on any atom is -0.453 e. The number of carbonyl (C=O) groups excluding carboxylic acids is 3. The number of imidazole rings is 1. The number of carbonyl (C=O) groups is 3. The van der Waals surface area contributed by atoms with Crippen LogP contribution in [0, 0.1) is 0 Å². The zero-order valence-electron chi connectivity index (χ0n) is 21.7. The van der Waals surface area contributed by atoms with Gasteiger partial charge in [-0.1, -0.05) is 11.6 Å². The van der Waals surface area contributed by atoms with E-state index < -0.39 is 12.1 Å². The Hall–Kier alpha value is -5.08. The van der Waals surface area contributed by atoms with Crippen LogP contribution in [0.4, 0.5) is 16.2 Å². The Morgan fingerprint density at radius 1 is 1.22 bits per heavy atom. The number of nitrogens with zero attached hydrogens (tertiary/aromatic N) is 5. The Morgan fingerprint density at radius 3 is 2.90 bits per heavy atom. The van der Waals surface area contributed by atoms with E-state index in [1.807, 2.05) is 0 Å². The molecule has 14 nitrogen and oxygen atoms in total. The molecular formula is C26H25ClN10O4. The minimum absolute atomic E-state index is 0.183. The molecule has 2 bridgehead atoms. The van der Waals surface area contributed by atoms with Crippen LogP contribution in [0.25, 0.3) is 23.0 Å². The summed E-state index contributed by atoms with van der Waals surface area (Å²) in [6.45, 7) is 0.677. The van der Waals surface area contributed by atoms with Crippen molar-refractivity contribution >= 4 is 47.0 Å². The van der Waals surface area contributed by atoms with Gasteiger partial charge in [-0.05, 0) is 52.9 Å². The molecule has 0 radical (unpaired) electrons. The van der Waals surface area contributed by atoms with Gasteiger partial charge >= 0.3 is 6.09 Å². The monoisotopic (exact) mass is 576 g/mol. The van der Waals surface area contributed by atoms with E-state index in [0.29, 0.717) is 57.8 Å². The summed E-state index contributed by atoms with van der Waals surface area (Å²) in [5.41, 5.74) is 3.47. The topological polar surface area (TPSA) is 181 Å². The maximum absolute atomic E-state index is 13.0. The Morgan fingerprint density at radius 2 is 2.10 bits per heavy atom. The second kappa shape index (κ2) is 12.4. The van der Waals surface area contributed by atoms with Crippen LogP contribution in [0.1, 0.15) is 23.9 Å². The summed E-state index contributed by atoms with van der Waals surface area (Å²) in [4.78, 5) is 45.0. The van der Waals surface area contributed by atoms with Crippen molar-refractivity contribution in [1.29, 1.82) is 0 Å². The van der Waals surface area contributed by atoms with Gasteiger partial charge in [-0.15, -0.1) is 5.10 Å². The minimum atomic E-state index is -0.632.